The molecular formula is C28H41N5O5S. The third kappa shape index (κ3) is 8.07. The number of amides is 3. The predicted octanol–water partition coefficient (Wildman–Crippen LogP) is 2.15. The van der Waals surface area contributed by atoms with Gasteiger partial charge in [0.25, 0.3) is 0 Å². The van der Waals surface area contributed by atoms with E-state index >= 15 is 0 Å². The normalized spacial score (nSPS) is 19.0. The van der Waals surface area contributed by atoms with E-state index in [4.69, 9.17) is 10.5 Å². The number of aliphatic hydroxyl groups is 1. The van der Waals surface area contributed by atoms with E-state index < -0.39 is 35.4 Å². The van der Waals surface area contributed by atoms with Gasteiger partial charge in [0.15, 0.2) is 0 Å². The van der Waals surface area contributed by atoms with Gasteiger partial charge in [0, 0.05) is 19.6 Å². The number of β-amino-alcohol motifs (C(OH)–C–C–N with tert-alkyl or cyclic N) is 1. The molecule has 1 aliphatic heterocycles. The molecule has 0 radical (unpaired) electrons. The van der Waals surface area contributed by atoms with Crippen LogP contribution in [0.1, 0.15) is 57.8 Å². The largest absolute Gasteiger partial charge is 0.391 e. The summed E-state index contributed by atoms with van der Waals surface area (Å²) in [5.74, 6) is -1.18. The van der Waals surface area contributed by atoms with Crippen LogP contribution in [-0.2, 0) is 19.1 Å². The standard InChI is InChI=1S/C28H41N5O5S/c1-17(19-7-9-20(10-8-19)24-18(2)30-16-39-24)31-26(36)22-13-21(34)14-33(22)27(37)25(28(3,4)5)32-23(35)15-38-12-6-11-29/h7-10,16-17,21-22,25,34H,6,11-15,29H2,1-5H3,(H,31,36)(H,32,35)/t17-,21+,22-,25?/m0/s1. The number of carbonyl (C=O) groups is 3. The van der Waals surface area contributed by atoms with Crippen LogP contribution in [0.4, 0.5) is 0 Å². The SMILES string of the molecule is Cc1ncsc1-c1ccc([C@H](C)NC(=O)[C@@H]2C[C@@H](O)CN2C(=O)C(NC(=O)COCCCN)C(C)(C)C)cc1. The van der Waals surface area contributed by atoms with Crippen LogP contribution in [0.5, 0.6) is 0 Å². The van der Waals surface area contributed by atoms with Crippen molar-refractivity contribution in [1.29, 1.82) is 0 Å². The van der Waals surface area contributed by atoms with Gasteiger partial charge in [0.05, 0.1) is 28.2 Å². The van der Waals surface area contributed by atoms with Gasteiger partial charge in [0.2, 0.25) is 17.7 Å². The number of thiazole rings is 1. The zero-order chi connectivity index (χ0) is 28.7. The summed E-state index contributed by atoms with van der Waals surface area (Å²) in [4.78, 5) is 46.3. The highest BCUT2D eigenvalue weighted by Crippen LogP contribution is 2.29. The Morgan fingerprint density at radius 2 is 1.92 bits per heavy atom. The second kappa shape index (κ2) is 13.5. The van der Waals surface area contributed by atoms with Crippen LogP contribution in [0.15, 0.2) is 29.8 Å². The van der Waals surface area contributed by atoms with E-state index in [1.807, 2.05) is 64.4 Å². The number of nitrogens with two attached hydrogens (primary N) is 1. The highest BCUT2D eigenvalue weighted by Gasteiger charge is 2.44. The van der Waals surface area contributed by atoms with E-state index in [0.717, 1.165) is 21.7 Å². The molecule has 3 rings (SSSR count). The molecule has 0 aliphatic carbocycles. The summed E-state index contributed by atoms with van der Waals surface area (Å²) in [6.45, 7) is 10.0. The molecule has 0 bridgehead atoms. The van der Waals surface area contributed by atoms with Crippen LogP contribution in [0.25, 0.3) is 10.4 Å². The molecule has 5 N–H and O–H groups in total. The second-order valence-corrected chi connectivity index (χ2v) is 11.9. The summed E-state index contributed by atoms with van der Waals surface area (Å²) in [5.41, 5.74) is 9.58. The van der Waals surface area contributed by atoms with Crippen LogP contribution in [-0.4, -0.2) is 77.2 Å². The zero-order valence-electron chi connectivity index (χ0n) is 23.4. The lowest BCUT2D eigenvalue weighted by Crippen LogP contribution is -2.58. The minimum Gasteiger partial charge on any atom is -0.391 e. The number of aryl methyl sites for hydroxylation is 1. The number of benzene rings is 1. The fourth-order valence-corrected chi connectivity index (χ4v) is 5.38. The van der Waals surface area contributed by atoms with Gasteiger partial charge in [-0.1, -0.05) is 45.0 Å². The van der Waals surface area contributed by atoms with Crippen LogP contribution < -0.4 is 16.4 Å². The summed E-state index contributed by atoms with van der Waals surface area (Å²) in [5, 5.41) is 16.2. The lowest BCUT2D eigenvalue weighted by Gasteiger charge is -2.35. The lowest BCUT2D eigenvalue weighted by molar-refractivity contribution is -0.144. The quantitative estimate of drug-likeness (QED) is 0.309. The van der Waals surface area contributed by atoms with Crippen molar-refractivity contribution in [3.63, 3.8) is 0 Å². The Kier molecular flexibility index (Phi) is 10.6. The molecule has 11 heteroatoms. The highest BCUT2D eigenvalue weighted by molar-refractivity contribution is 7.13. The fraction of sp³-hybridized carbons (Fsp3) is 0.571. The molecule has 0 spiro atoms. The number of hydrogen-bond acceptors (Lipinski definition) is 8. The van der Waals surface area contributed by atoms with Crippen molar-refractivity contribution in [2.45, 2.75) is 71.7 Å². The lowest BCUT2D eigenvalue weighted by atomic mass is 9.85. The van der Waals surface area contributed by atoms with Crippen molar-refractivity contribution in [3.8, 4) is 10.4 Å². The molecule has 39 heavy (non-hydrogen) atoms. The van der Waals surface area contributed by atoms with Crippen LogP contribution >= 0.6 is 11.3 Å². The number of nitrogens with zero attached hydrogens (tertiary/aromatic N) is 2. The third-order valence-electron chi connectivity index (χ3n) is 6.79. The van der Waals surface area contributed by atoms with Crippen molar-refractivity contribution in [1.82, 2.24) is 20.5 Å². The Bertz CT molecular complexity index is 1130. The highest BCUT2D eigenvalue weighted by atomic mass is 32.1. The first-order chi connectivity index (χ1) is 18.4. The minimum atomic E-state index is -0.899. The van der Waals surface area contributed by atoms with Gasteiger partial charge in [-0.15, -0.1) is 11.3 Å². The van der Waals surface area contributed by atoms with Crippen molar-refractivity contribution in [2.75, 3.05) is 26.3 Å². The van der Waals surface area contributed by atoms with Crippen molar-refractivity contribution < 1.29 is 24.2 Å². The van der Waals surface area contributed by atoms with Crippen LogP contribution in [0.3, 0.4) is 0 Å². The number of likely N-dealkylation sites (tertiary alicyclic amines) is 1. The van der Waals surface area contributed by atoms with E-state index in [0.29, 0.717) is 19.6 Å². The van der Waals surface area contributed by atoms with Gasteiger partial charge in [-0.3, -0.25) is 14.4 Å². The average Bonchev–Trinajstić information content (AvgIpc) is 3.49. The maximum Gasteiger partial charge on any atom is 0.246 e. The first-order valence-corrected chi connectivity index (χ1v) is 14.2. The third-order valence-corrected chi connectivity index (χ3v) is 7.76. The molecule has 214 valence electrons. The summed E-state index contributed by atoms with van der Waals surface area (Å²) >= 11 is 1.58. The maximum absolute atomic E-state index is 13.7. The molecule has 0 saturated carbocycles. The topological polar surface area (TPSA) is 147 Å². The summed E-state index contributed by atoms with van der Waals surface area (Å²) in [6.07, 6.45) is -0.0788. The number of carbonyl (C=O) groups excluding carboxylic acids is 3. The molecular weight excluding hydrogens is 518 g/mol. The van der Waals surface area contributed by atoms with Crippen LogP contribution in [0.2, 0.25) is 0 Å². The van der Waals surface area contributed by atoms with Crippen molar-refractivity contribution in [2.24, 2.45) is 11.1 Å². The summed E-state index contributed by atoms with van der Waals surface area (Å²) in [7, 11) is 0. The van der Waals surface area contributed by atoms with Crippen LogP contribution in [0, 0.1) is 12.3 Å². The molecule has 2 aromatic rings. The first-order valence-electron chi connectivity index (χ1n) is 13.3. The molecule has 1 aliphatic rings. The Morgan fingerprint density at radius 1 is 1.23 bits per heavy atom. The molecule has 1 saturated heterocycles. The molecule has 1 aromatic heterocycles. The molecule has 1 fully saturated rings. The van der Waals surface area contributed by atoms with Gasteiger partial charge in [-0.05, 0) is 43.4 Å². The monoisotopic (exact) mass is 559 g/mol. The van der Waals surface area contributed by atoms with Gasteiger partial charge < -0.3 is 31.1 Å². The maximum atomic E-state index is 13.7. The predicted molar refractivity (Wildman–Crippen MR) is 151 cm³/mol. The summed E-state index contributed by atoms with van der Waals surface area (Å²) in [6, 6.07) is 5.88. The summed E-state index contributed by atoms with van der Waals surface area (Å²) < 4.78 is 5.33. The van der Waals surface area contributed by atoms with Crippen molar-refractivity contribution in [3.05, 3.63) is 41.0 Å². The van der Waals surface area contributed by atoms with Gasteiger partial charge in [0.1, 0.15) is 18.7 Å². The van der Waals surface area contributed by atoms with Crippen molar-refractivity contribution >= 4 is 29.1 Å². The van der Waals surface area contributed by atoms with E-state index in [1.165, 1.54) is 4.90 Å². The van der Waals surface area contributed by atoms with E-state index in [2.05, 4.69) is 15.6 Å². The zero-order valence-corrected chi connectivity index (χ0v) is 24.2. The molecule has 1 unspecified atom stereocenters. The van der Waals surface area contributed by atoms with E-state index in [9.17, 15) is 19.5 Å². The Labute approximate surface area is 234 Å². The number of aliphatic hydroxyl groups excluding tert-OH is 1. The Hall–Kier alpha value is -2.86. The first kappa shape index (κ1) is 30.7. The second-order valence-electron chi connectivity index (χ2n) is 11.1. The smallest absolute Gasteiger partial charge is 0.246 e. The van der Waals surface area contributed by atoms with Gasteiger partial charge >= 0.3 is 0 Å². The Balaban J connectivity index is 1.68. The van der Waals surface area contributed by atoms with Gasteiger partial charge in [-0.25, -0.2) is 4.98 Å². The molecule has 4 atom stereocenters. The molecule has 2 heterocycles. The van der Waals surface area contributed by atoms with Gasteiger partial charge in [-0.2, -0.15) is 0 Å². The number of aromatic nitrogens is 1. The Morgan fingerprint density at radius 3 is 2.51 bits per heavy atom. The number of ether oxygens (including phenoxy) is 1. The number of nitrogens with one attached hydrogen (secondary N) is 2. The molecule has 3 amide bonds. The number of rotatable bonds is 11. The van der Waals surface area contributed by atoms with E-state index in [-0.39, 0.29) is 31.5 Å². The van der Waals surface area contributed by atoms with E-state index in [1.54, 1.807) is 11.3 Å². The minimum absolute atomic E-state index is 0.0175. The fourth-order valence-electron chi connectivity index (χ4n) is 4.57. The molecule has 1 aromatic carbocycles. The number of hydrogen-bond donors (Lipinski definition) is 4. The molecule has 10 nitrogen and oxygen atoms in total. The average molecular weight is 560 g/mol.